The molecule has 2 N–H and O–H groups in total. The number of hydrogen-bond acceptors (Lipinski definition) is 6. The number of primary amides is 1. The molecule has 0 fully saturated rings. The number of ketones is 1. The maximum absolute atomic E-state index is 13.3. The lowest BCUT2D eigenvalue weighted by Crippen LogP contribution is -2.17. The zero-order valence-corrected chi connectivity index (χ0v) is 17.9. The number of benzene rings is 1. The molecule has 0 bridgehead atoms. The Balaban J connectivity index is 2.11. The van der Waals surface area contributed by atoms with Crippen LogP contribution in [0.25, 0.3) is 11.6 Å². The second-order valence-electron chi connectivity index (χ2n) is 6.45. The quantitative estimate of drug-likeness (QED) is 0.536. The van der Waals surface area contributed by atoms with Gasteiger partial charge in [-0.2, -0.15) is 0 Å². The summed E-state index contributed by atoms with van der Waals surface area (Å²) >= 11 is 3.40. The van der Waals surface area contributed by atoms with Gasteiger partial charge in [0.2, 0.25) is 5.89 Å². The fourth-order valence-corrected chi connectivity index (χ4v) is 3.69. The van der Waals surface area contributed by atoms with Crippen LogP contribution in [0.5, 0.6) is 0 Å². The van der Waals surface area contributed by atoms with Crippen LogP contribution in [0.2, 0.25) is 0 Å². The summed E-state index contributed by atoms with van der Waals surface area (Å²) in [5.41, 5.74) is 8.24. The van der Waals surface area contributed by atoms with Crippen molar-refractivity contribution >= 4 is 27.8 Å². The van der Waals surface area contributed by atoms with E-state index < -0.39 is 6.09 Å². The first kappa shape index (κ1) is 20.8. The molecule has 0 aliphatic carbocycles. The van der Waals surface area contributed by atoms with Gasteiger partial charge in [-0.3, -0.25) is 4.79 Å². The van der Waals surface area contributed by atoms with E-state index >= 15 is 0 Å². The van der Waals surface area contributed by atoms with E-state index in [-0.39, 0.29) is 12.4 Å². The van der Waals surface area contributed by atoms with E-state index in [4.69, 9.17) is 14.9 Å². The van der Waals surface area contributed by atoms with Crippen LogP contribution in [-0.4, -0.2) is 33.2 Å². The van der Waals surface area contributed by atoms with Crippen LogP contribution in [0.15, 0.2) is 33.2 Å². The van der Waals surface area contributed by atoms with Gasteiger partial charge in [0, 0.05) is 27.7 Å². The molecule has 0 unspecified atom stereocenters. The van der Waals surface area contributed by atoms with Crippen molar-refractivity contribution in [1.82, 2.24) is 14.8 Å². The molecule has 29 heavy (non-hydrogen) atoms. The third kappa shape index (κ3) is 4.24. The highest BCUT2D eigenvalue weighted by molar-refractivity contribution is 9.10. The first-order chi connectivity index (χ1) is 13.8. The fraction of sp³-hybridized carbons (Fsp3) is 0.300. The predicted molar refractivity (Wildman–Crippen MR) is 110 cm³/mol. The number of rotatable bonds is 7. The van der Waals surface area contributed by atoms with E-state index in [2.05, 4.69) is 26.1 Å². The summed E-state index contributed by atoms with van der Waals surface area (Å²) in [6.45, 7) is 5.94. The van der Waals surface area contributed by atoms with E-state index in [1.807, 2.05) is 37.5 Å². The van der Waals surface area contributed by atoms with E-state index in [1.54, 1.807) is 12.1 Å². The number of nitrogens with two attached hydrogens (primary N) is 1. The number of aromatic nitrogens is 3. The van der Waals surface area contributed by atoms with Crippen LogP contribution in [0.3, 0.4) is 0 Å². The lowest BCUT2D eigenvalue weighted by Gasteiger charge is -2.10. The molecule has 0 saturated heterocycles. The summed E-state index contributed by atoms with van der Waals surface area (Å²) in [6.07, 6.45) is -0.259. The monoisotopic (exact) mass is 460 g/mol. The van der Waals surface area contributed by atoms with Crippen molar-refractivity contribution in [3.05, 3.63) is 57.0 Å². The zero-order valence-electron chi connectivity index (χ0n) is 16.4. The Kier molecular flexibility index (Phi) is 6.17. The number of carbonyl (C=O) groups excluding carboxylic acids is 2. The average Bonchev–Trinajstić information content (AvgIpc) is 3.24. The van der Waals surface area contributed by atoms with Crippen molar-refractivity contribution in [2.75, 3.05) is 6.61 Å². The smallest absolute Gasteiger partial charge is 0.404 e. The maximum Gasteiger partial charge on any atom is 0.404 e. The van der Waals surface area contributed by atoms with Crippen molar-refractivity contribution in [3.8, 4) is 11.6 Å². The molecule has 152 valence electrons. The van der Waals surface area contributed by atoms with Crippen LogP contribution < -0.4 is 5.73 Å². The summed E-state index contributed by atoms with van der Waals surface area (Å²) in [6, 6.07) is 7.21. The van der Waals surface area contributed by atoms with Crippen molar-refractivity contribution in [2.45, 2.75) is 33.7 Å². The SMILES string of the molecule is CCc1nnc(-c2c(C)c(C(=O)c3cccc(Br)c3)c(C)n2CCOC(N)=O)o1. The van der Waals surface area contributed by atoms with Gasteiger partial charge >= 0.3 is 6.09 Å². The van der Waals surface area contributed by atoms with Gasteiger partial charge in [0.15, 0.2) is 5.78 Å². The van der Waals surface area contributed by atoms with Crippen LogP contribution in [0, 0.1) is 13.8 Å². The van der Waals surface area contributed by atoms with Crippen molar-refractivity contribution in [3.63, 3.8) is 0 Å². The summed E-state index contributed by atoms with van der Waals surface area (Å²) in [4.78, 5) is 24.2. The van der Waals surface area contributed by atoms with E-state index in [1.165, 1.54) is 0 Å². The largest absolute Gasteiger partial charge is 0.448 e. The minimum absolute atomic E-state index is 0.0522. The fourth-order valence-electron chi connectivity index (χ4n) is 3.29. The van der Waals surface area contributed by atoms with Crippen molar-refractivity contribution < 1.29 is 18.7 Å². The van der Waals surface area contributed by atoms with E-state index in [9.17, 15) is 9.59 Å². The number of amides is 1. The van der Waals surface area contributed by atoms with Crippen LogP contribution in [0.1, 0.15) is 40.0 Å². The average molecular weight is 461 g/mol. The Bertz CT molecular complexity index is 1070. The molecule has 3 aromatic rings. The highest BCUT2D eigenvalue weighted by Gasteiger charge is 2.27. The molecule has 2 heterocycles. The molecule has 0 atom stereocenters. The van der Waals surface area contributed by atoms with Gasteiger partial charge < -0.3 is 19.5 Å². The van der Waals surface area contributed by atoms with Gasteiger partial charge in [-0.05, 0) is 31.5 Å². The molecule has 2 aromatic heterocycles. The second-order valence-corrected chi connectivity index (χ2v) is 7.36. The van der Waals surface area contributed by atoms with Crippen LogP contribution >= 0.6 is 15.9 Å². The normalized spacial score (nSPS) is 10.9. The molecule has 0 aliphatic heterocycles. The van der Waals surface area contributed by atoms with E-state index in [0.29, 0.717) is 47.3 Å². The highest BCUT2D eigenvalue weighted by Crippen LogP contribution is 2.32. The van der Waals surface area contributed by atoms with Crippen molar-refractivity contribution in [2.24, 2.45) is 5.73 Å². The molecule has 3 rings (SSSR count). The number of aryl methyl sites for hydroxylation is 1. The standard InChI is InChI=1S/C20H21BrN4O4/c1-4-15-23-24-19(29-15)17-11(2)16(12(3)25(17)8-9-28-20(22)27)18(26)13-6-5-7-14(21)10-13/h5-7,10H,4,8-9H2,1-3H3,(H2,22,27). The Morgan fingerprint density at radius 3 is 2.66 bits per heavy atom. The maximum atomic E-state index is 13.3. The number of nitrogens with zero attached hydrogens (tertiary/aromatic N) is 3. The number of hydrogen-bond donors (Lipinski definition) is 1. The lowest BCUT2D eigenvalue weighted by molar-refractivity contribution is 0.103. The van der Waals surface area contributed by atoms with Gasteiger partial charge in [-0.25, -0.2) is 4.79 Å². The van der Waals surface area contributed by atoms with Gasteiger partial charge in [-0.15, -0.1) is 10.2 Å². The van der Waals surface area contributed by atoms with Gasteiger partial charge in [0.1, 0.15) is 12.3 Å². The summed E-state index contributed by atoms with van der Waals surface area (Å²) in [5, 5.41) is 8.16. The van der Waals surface area contributed by atoms with E-state index in [0.717, 1.165) is 10.0 Å². The molecule has 1 amide bonds. The molecule has 1 aromatic carbocycles. The molecule has 0 saturated carbocycles. The van der Waals surface area contributed by atoms with Gasteiger partial charge in [0.25, 0.3) is 5.89 Å². The first-order valence-corrected chi connectivity index (χ1v) is 9.87. The molecule has 8 nitrogen and oxygen atoms in total. The number of carbonyl (C=O) groups is 2. The summed E-state index contributed by atoms with van der Waals surface area (Å²) in [5.74, 6) is 0.695. The third-order valence-electron chi connectivity index (χ3n) is 4.61. The second kappa shape index (κ2) is 8.60. The topological polar surface area (TPSA) is 113 Å². The van der Waals surface area contributed by atoms with Crippen LogP contribution in [-0.2, 0) is 17.7 Å². The van der Waals surface area contributed by atoms with Gasteiger partial charge in [-0.1, -0.05) is 35.0 Å². The Labute approximate surface area is 176 Å². The molecule has 0 spiro atoms. The number of ether oxygens (including phenoxy) is 1. The highest BCUT2D eigenvalue weighted by atomic mass is 79.9. The molecular formula is C20H21BrN4O4. The minimum atomic E-state index is -0.857. The molecular weight excluding hydrogens is 440 g/mol. The number of halogens is 1. The molecule has 9 heteroatoms. The Morgan fingerprint density at radius 1 is 1.28 bits per heavy atom. The Hall–Kier alpha value is -2.94. The van der Waals surface area contributed by atoms with Gasteiger partial charge in [0.05, 0.1) is 6.54 Å². The lowest BCUT2D eigenvalue weighted by atomic mass is 10.00. The predicted octanol–water partition coefficient (Wildman–Crippen LogP) is 3.81. The van der Waals surface area contributed by atoms with Crippen LogP contribution in [0.4, 0.5) is 4.79 Å². The summed E-state index contributed by atoms with van der Waals surface area (Å²) < 4.78 is 13.3. The first-order valence-electron chi connectivity index (χ1n) is 9.08. The third-order valence-corrected chi connectivity index (χ3v) is 5.11. The molecule has 0 radical (unpaired) electrons. The van der Waals surface area contributed by atoms with Crippen molar-refractivity contribution in [1.29, 1.82) is 0 Å². The Morgan fingerprint density at radius 2 is 2.03 bits per heavy atom. The zero-order chi connectivity index (χ0) is 21.1. The molecule has 0 aliphatic rings. The minimum Gasteiger partial charge on any atom is -0.448 e. The summed E-state index contributed by atoms with van der Waals surface area (Å²) in [7, 11) is 0.